The molecule has 1 atom stereocenters. The van der Waals surface area contributed by atoms with E-state index in [9.17, 15) is 9.59 Å². The molecule has 27 heavy (non-hydrogen) atoms. The molecule has 0 spiro atoms. The summed E-state index contributed by atoms with van der Waals surface area (Å²) in [5, 5.41) is 9.22. The van der Waals surface area contributed by atoms with E-state index in [4.69, 9.17) is 0 Å². The third-order valence-electron chi connectivity index (χ3n) is 5.36. The first kappa shape index (κ1) is 19.8. The highest BCUT2D eigenvalue weighted by Crippen LogP contribution is 2.16. The molecule has 0 aromatic heterocycles. The minimum atomic E-state index is 0.0275. The van der Waals surface area contributed by atoms with Gasteiger partial charge in [-0.2, -0.15) is 0 Å². The molecule has 2 heterocycles. The van der Waals surface area contributed by atoms with Gasteiger partial charge in [-0.15, -0.1) is 0 Å². The van der Waals surface area contributed by atoms with Crippen molar-refractivity contribution in [3.05, 3.63) is 24.3 Å². The molecular weight excluding hydrogens is 340 g/mol. The number of hydrogen-bond donors (Lipinski definition) is 3. The first-order chi connectivity index (χ1) is 13.2. The zero-order valence-corrected chi connectivity index (χ0v) is 16.1. The number of rotatable bonds is 6. The quantitative estimate of drug-likeness (QED) is 0.718. The standard InChI is InChI=1S/C21H32N4O2/c26-20(15-19-7-6-12-22-19)23-17-8-10-18(11-9-17)24-21(27)16-25-13-4-2-1-3-5-14-25/h8-11,19,22H,1-7,12-16H2,(H,23,26)(H,24,27). The fourth-order valence-electron chi connectivity index (χ4n) is 3.88. The Bertz CT molecular complexity index is 603. The lowest BCUT2D eigenvalue weighted by Crippen LogP contribution is -2.35. The van der Waals surface area contributed by atoms with Crippen LogP contribution in [-0.4, -0.2) is 48.9 Å². The number of nitrogens with one attached hydrogen (secondary N) is 3. The molecule has 1 aromatic carbocycles. The fraction of sp³-hybridized carbons (Fsp3) is 0.619. The molecule has 0 bridgehead atoms. The number of likely N-dealkylation sites (tertiary alicyclic amines) is 1. The largest absolute Gasteiger partial charge is 0.326 e. The molecule has 148 valence electrons. The van der Waals surface area contributed by atoms with Crippen LogP contribution in [0, 0.1) is 0 Å². The van der Waals surface area contributed by atoms with Crippen LogP contribution in [0.5, 0.6) is 0 Å². The fourth-order valence-corrected chi connectivity index (χ4v) is 3.88. The zero-order chi connectivity index (χ0) is 18.9. The average molecular weight is 373 g/mol. The second-order valence-electron chi connectivity index (χ2n) is 7.72. The second-order valence-corrected chi connectivity index (χ2v) is 7.72. The number of benzene rings is 1. The Labute approximate surface area is 162 Å². The molecule has 0 aliphatic carbocycles. The van der Waals surface area contributed by atoms with Crippen LogP contribution in [0.15, 0.2) is 24.3 Å². The molecule has 3 N–H and O–H groups in total. The maximum absolute atomic E-state index is 12.3. The highest BCUT2D eigenvalue weighted by atomic mass is 16.2. The molecule has 1 unspecified atom stereocenters. The first-order valence-electron chi connectivity index (χ1n) is 10.3. The van der Waals surface area contributed by atoms with Gasteiger partial charge >= 0.3 is 0 Å². The summed E-state index contributed by atoms with van der Waals surface area (Å²) >= 11 is 0. The van der Waals surface area contributed by atoms with E-state index >= 15 is 0 Å². The molecule has 6 heteroatoms. The van der Waals surface area contributed by atoms with Crippen LogP contribution in [0.3, 0.4) is 0 Å². The van der Waals surface area contributed by atoms with Crippen molar-refractivity contribution in [2.24, 2.45) is 0 Å². The Hall–Kier alpha value is -1.92. The van der Waals surface area contributed by atoms with Crippen LogP contribution in [0.2, 0.25) is 0 Å². The summed E-state index contributed by atoms with van der Waals surface area (Å²) in [4.78, 5) is 26.6. The number of carbonyl (C=O) groups excluding carboxylic acids is 2. The number of nitrogens with zero attached hydrogens (tertiary/aromatic N) is 1. The van der Waals surface area contributed by atoms with Gasteiger partial charge in [0.25, 0.3) is 0 Å². The predicted molar refractivity (Wildman–Crippen MR) is 109 cm³/mol. The highest BCUT2D eigenvalue weighted by Gasteiger charge is 2.17. The van der Waals surface area contributed by atoms with Gasteiger partial charge in [-0.05, 0) is 69.6 Å². The molecule has 3 rings (SSSR count). The van der Waals surface area contributed by atoms with Crippen molar-refractivity contribution in [1.82, 2.24) is 10.2 Å². The SMILES string of the molecule is O=C(CC1CCCN1)Nc1ccc(NC(=O)CN2CCCCCCC2)cc1. The first-order valence-corrected chi connectivity index (χ1v) is 10.3. The van der Waals surface area contributed by atoms with Gasteiger partial charge in [0.2, 0.25) is 11.8 Å². The van der Waals surface area contributed by atoms with Gasteiger partial charge in [0, 0.05) is 23.8 Å². The van der Waals surface area contributed by atoms with Gasteiger partial charge in [0.05, 0.1) is 6.54 Å². The molecule has 2 saturated heterocycles. The Morgan fingerprint density at radius 3 is 2.07 bits per heavy atom. The lowest BCUT2D eigenvalue weighted by molar-refractivity contribution is -0.117. The summed E-state index contributed by atoms with van der Waals surface area (Å²) in [5.74, 6) is 0.0583. The van der Waals surface area contributed by atoms with E-state index in [1.165, 1.54) is 32.1 Å². The van der Waals surface area contributed by atoms with E-state index in [-0.39, 0.29) is 11.8 Å². The van der Waals surface area contributed by atoms with Crippen molar-refractivity contribution < 1.29 is 9.59 Å². The molecular formula is C21H32N4O2. The third-order valence-corrected chi connectivity index (χ3v) is 5.36. The van der Waals surface area contributed by atoms with Crippen molar-refractivity contribution in [1.29, 1.82) is 0 Å². The lowest BCUT2D eigenvalue weighted by atomic mass is 10.1. The van der Waals surface area contributed by atoms with Crippen LogP contribution < -0.4 is 16.0 Å². The van der Waals surface area contributed by atoms with Crippen molar-refractivity contribution >= 4 is 23.2 Å². The van der Waals surface area contributed by atoms with Gasteiger partial charge in [0.15, 0.2) is 0 Å². The van der Waals surface area contributed by atoms with Crippen molar-refractivity contribution in [2.45, 2.75) is 57.4 Å². The summed E-state index contributed by atoms with van der Waals surface area (Å²) in [5.41, 5.74) is 1.53. The summed E-state index contributed by atoms with van der Waals surface area (Å²) in [6.07, 6.45) is 8.92. The van der Waals surface area contributed by atoms with Crippen LogP contribution in [0.4, 0.5) is 11.4 Å². The summed E-state index contributed by atoms with van der Waals surface area (Å²) in [6.45, 7) is 3.47. The predicted octanol–water partition coefficient (Wildman–Crippen LogP) is 2.97. The van der Waals surface area contributed by atoms with Gasteiger partial charge in [-0.3, -0.25) is 14.5 Å². The topological polar surface area (TPSA) is 73.5 Å². The van der Waals surface area contributed by atoms with Gasteiger partial charge < -0.3 is 16.0 Å². The van der Waals surface area contributed by atoms with Crippen LogP contribution >= 0.6 is 0 Å². The second kappa shape index (κ2) is 10.4. The molecule has 0 radical (unpaired) electrons. The Morgan fingerprint density at radius 1 is 0.889 bits per heavy atom. The lowest BCUT2D eigenvalue weighted by Gasteiger charge is -2.23. The van der Waals surface area contributed by atoms with E-state index in [2.05, 4.69) is 20.9 Å². The minimum Gasteiger partial charge on any atom is -0.326 e. The van der Waals surface area contributed by atoms with Crippen molar-refractivity contribution in [2.75, 3.05) is 36.8 Å². The summed E-state index contributed by atoms with van der Waals surface area (Å²) in [7, 11) is 0. The number of amides is 2. The Kier molecular flexibility index (Phi) is 7.66. The Balaban J connectivity index is 1.42. The van der Waals surface area contributed by atoms with Crippen LogP contribution in [0.1, 0.15) is 51.4 Å². The van der Waals surface area contributed by atoms with Crippen LogP contribution in [0.25, 0.3) is 0 Å². The smallest absolute Gasteiger partial charge is 0.238 e. The van der Waals surface area contributed by atoms with Gasteiger partial charge in [-0.1, -0.05) is 19.3 Å². The maximum atomic E-state index is 12.3. The van der Waals surface area contributed by atoms with Crippen molar-refractivity contribution in [3.63, 3.8) is 0 Å². The van der Waals surface area contributed by atoms with E-state index < -0.39 is 0 Å². The van der Waals surface area contributed by atoms with E-state index in [0.717, 1.165) is 43.9 Å². The molecule has 0 saturated carbocycles. The van der Waals surface area contributed by atoms with Crippen LogP contribution in [-0.2, 0) is 9.59 Å². The van der Waals surface area contributed by atoms with Gasteiger partial charge in [-0.25, -0.2) is 0 Å². The number of anilines is 2. The maximum Gasteiger partial charge on any atom is 0.238 e. The van der Waals surface area contributed by atoms with Gasteiger partial charge in [0.1, 0.15) is 0 Å². The van der Waals surface area contributed by atoms with Crippen molar-refractivity contribution in [3.8, 4) is 0 Å². The molecule has 1 aromatic rings. The average Bonchev–Trinajstić information content (AvgIpc) is 3.12. The Morgan fingerprint density at radius 2 is 1.48 bits per heavy atom. The summed E-state index contributed by atoms with van der Waals surface area (Å²) < 4.78 is 0. The van der Waals surface area contributed by atoms with E-state index in [1.807, 2.05) is 24.3 Å². The number of carbonyl (C=O) groups is 2. The molecule has 2 aliphatic rings. The van der Waals surface area contributed by atoms with E-state index in [0.29, 0.717) is 19.0 Å². The highest BCUT2D eigenvalue weighted by molar-refractivity contribution is 5.93. The van der Waals surface area contributed by atoms with E-state index in [1.54, 1.807) is 0 Å². The minimum absolute atomic E-state index is 0.0275. The molecule has 6 nitrogen and oxygen atoms in total. The number of hydrogen-bond acceptors (Lipinski definition) is 4. The molecule has 2 fully saturated rings. The third kappa shape index (κ3) is 6.96. The normalized spacial score (nSPS) is 21.3. The monoisotopic (exact) mass is 372 g/mol. The molecule has 2 aliphatic heterocycles. The zero-order valence-electron chi connectivity index (χ0n) is 16.1. The molecule has 2 amide bonds. The summed E-state index contributed by atoms with van der Waals surface area (Å²) in [6, 6.07) is 7.66.